The summed E-state index contributed by atoms with van der Waals surface area (Å²) in [6, 6.07) is 5.31. The van der Waals surface area contributed by atoms with Crippen LogP contribution in [0.2, 0.25) is 0 Å². The standard InChI is InChI=1S/C16H16N2O3/c1-8-5-12(14(19)15(21-4)10(8)3)11-6-9(2)18-16(20)13(11)7-17/h5-6,19H,1-4H3,(H,18,20). The van der Waals surface area contributed by atoms with E-state index in [2.05, 4.69) is 4.98 Å². The molecule has 0 spiro atoms. The highest BCUT2D eigenvalue weighted by Gasteiger charge is 2.19. The number of phenolic OH excluding ortho intramolecular Hbond substituents is 1. The Labute approximate surface area is 122 Å². The molecule has 0 saturated heterocycles. The van der Waals surface area contributed by atoms with Crippen LogP contribution >= 0.6 is 0 Å². The molecule has 0 aliphatic heterocycles. The number of H-pyrrole nitrogens is 1. The van der Waals surface area contributed by atoms with Crippen molar-refractivity contribution in [3.8, 4) is 28.7 Å². The molecular formula is C16H16N2O3. The summed E-state index contributed by atoms with van der Waals surface area (Å²) in [4.78, 5) is 14.5. The molecule has 0 bridgehead atoms. The molecule has 2 N–H and O–H groups in total. The second-order valence-corrected chi connectivity index (χ2v) is 4.93. The lowest BCUT2D eigenvalue weighted by atomic mass is 9.95. The summed E-state index contributed by atoms with van der Waals surface area (Å²) in [5.74, 6) is 0.286. The summed E-state index contributed by atoms with van der Waals surface area (Å²) >= 11 is 0. The van der Waals surface area contributed by atoms with Gasteiger partial charge in [0.15, 0.2) is 11.5 Å². The first-order valence-electron chi connectivity index (χ1n) is 6.42. The van der Waals surface area contributed by atoms with Crippen molar-refractivity contribution in [2.75, 3.05) is 7.11 Å². The van der Waals surface area contributed by atoms with E-state index in [0.29, 0.717) is 22.6 Å². The summed E-state index contributed by atoms with van der Waals surface area (Å²) in [5, 5.41) is 19.6. The van der Waals surface area contributed by atoms with Crippen LogP contribution in [0.5, 0.6) is 11.5 Å². The van der Waals surface area contributed by atoms with E-state index in [4.69, 9.17) is 4.74 Å². The summed E-state index contributed by atoms with van der Waals surface area (Å²) in [6.45, 7) is 5.44. The molecule has 1 aromatic carbocycles. The second kappa shape index (κ2) is 5.33. The molecule has 0 aliphatic rings. The van der Waals surface area contributed by atoms with Crippen molar-refractivity contribution in [1.29, 1.82) is 5.26 Å². The summed E-state index contributed by atoms with van der Waals surface area (Å²) < 4.78 is 5.23. The van der Waals surface area contributed by atoms with E-state index in [1.165, 1.54) is 7.11 Å². The lowest BCUT2D eigenvalue weighted by Crippen LogP contribution is -2.13. The van der Waals surface area contributed by atoms with Crippen LogP contribution in [0.15, 0.2) is 16.9 Å². The number of aryl methyl sites for hydroxylation is 2. The summed E-state index contributed by atoms with van der Waals surface area (Å²) in [6.07, 6.45) is 0. The monoisotopic (exact) mass is 284 g/mol. The number of pyridine rings is 1. The molecule has 0 saturated carbocycles. The third-order valence-corrected chi connectivity index (χ3v) is 3.54. The zero-order chi connectivity index (χ0) is 15.7. The number of benzene rings is 1. The first-order valence-corrected chi connectivity index (χ1v) is 6.42. The third-order valence-electron chi connectivity index (χ3n) is 3.54. The minimum atomic E-state index is -0.468. The predicted molar refractivity (Wildman–Crippen MR) is 79.6 cm³/mol. The van der Waals surface area contributed by atoms with Crippen molar-refractivity contribution in [3.05, 3.63) is 44.9 Å². The van der Waals surface area contributed by atoms with E-state index in [0.717, 1.165) is 11.1 Å². The van der Waals surface area contributed by atoms with Crippen molar-refractivity contribution in [1.82, 2.24) is 4.98 Å². The molecule has 1 heterocycles. The van der Waals surface area contributed by atoms with Gasteiger partial charge in [-0.1, -0.05) is 0 Å². The largest absolute Gasteiger partial charge is 0.504 e. The van der Waals surface area contributed by atoms with E-state index in [-0.39, 0.29) is 11.3 Å². The maximum atomic E-state index is 11.9. The highest BCUT2D eigenvalue weighted by Crippen LogP contribution is 2.41. The average Bonchev–Trinajstić information content (AvgIpc) is 2.43. The molecule has 2 rings (SSSR count). The average molecular weight is 284 g/mol. The zero-order valence-electron chi connectivity index (χ0n) is 12.4. The molecule has 0 unspecified atom stereocenters. The van der Waals surface area contributed by atoms with Crippen LogP contribution in [0.25, 0.3) is 11.1 Å². The molecule has 21 heavy (non-hydrogen) atoms. The Kier molecular flexibility index (Phi) is 3.72. The van der Waals surface area contributed by atoms with Crippen molar-refractivity contribution in [2.45, 2.75) is 20.8 Å². The maximum Gasteiger partial charge on any atom is 0.266 e. The van der Waals surface area contributed by atoms with Gasteiger partial charge in [-0.25, -0.2) is 0 Å². The lowest BCUT2D eigenvalue weighted by molar-refractivity contribution is 0.371. The van der Waals surface area contributed by atoms with Gasteiger partial charge in [0, 0.05) is 16.8 Å². The Morgan fingerprint density at radius 3 is 2.48 bits per heavy atom. The van der Waals surface area contributed by atoms with Crippen molar-refractivity contribution >= 4 is 0 Å². The Bertz CT molecular complexity index is 814. The van der Waals surface area contributed by atoms with Gasteiger partial charge < -0.3 is 14.8 Å². The van der Waals surface area contributed by atoms with Crippen LogP contribution in [-0.2, 0) is 0 Å². The minimum Gasteiger partial charge on any atom is -0.504 e. The topological polar surface area (TPSA) is 86.1 Å². The Morgan fingerprint density at radius 1 is 1.24 bits per heavy atom. The fourth-order valence-corrected chi connectivity index (χ4v) is 2.34. The molecule has 5 heteroatoms. The second-order valence-electron chi connectivity index (χ2n) is 4.93. The quantitative estimate of drug-likeness (QED) is 0.887. The lowest BCUT2D eigenvalue weighted by Gasteiger charge is -2.15. The van der Waals surface area contributed by atoms with Gasteiger partial charge in [0.1, 0.15) is 11.6 Å². The predicted octanol–water partition coefficient (Wildman–Crippen LogP) is 2.55. The van der Waals surface area contributed by atoms with E-state index in [9.17, 15) is 15.2 Å². The molecule has 108 valence electrons. The van der Waals surface area contributed by atoms with Gasteiger partial charge in [0.2, 0.25) is 0 Å². The molecular weight excluding hydrogens is 268 g/mol. The first-order chi connectivity index (χ1) is 9.90. The van der Waals surface area contributed by atoms with Gasteiger partial charge in [-0.15, -0.1) is 0 Å². The van der Waals surface area contributed by atoms with Gasteiger partial charge in [0.25, 0.3) is 5.56 Å². The smallest absolute Gasteiger partial charge is 0.266 e. The number of rotatable bonds is 2. The number of aromatic amines is 1. The molecule has 1 aromatic heterocycles. The van der Waals surface area contributed by atoms with E-state index in [1.54, 1.807) is 19.1 Å². The van der Waals surface area contributed by atoms with E-state index < -0.39 is 5.56 Å². The van der Waals surface area contributed by atoms with Crippen LogP contribution in [0.4, 0.5) is 0 Å². The van der Waals surface area contributed by atoms with Gasteiger partial charge in [0.05, 0.1) is 7.11 Å². The number of methoxy groups -OCH3 is 1. The molecule has 0 fully saturated rings. The van der Waals surface area contributed by atoms with Crippen molar-refractivity contribution in [3.63, 3.8) is 0 Å². The first kappa shape index (κ1) is 14.7. The van der Waals surface area contributed by atoms with Crippen molar-refractivity contribution in [2.24, 2.45) is 0 Å². The molecule has 2 aromatic rings. The van der Waals surface area contributed by atoms with Crippen molar-refractivity contribution < 1.29 is 9.84 Å². The number of nitrogens with one attached hydrogen (secondary N) is 1. The molecule has 5 nitrogen and oxygen atoms in total. The third kappa shape index (κ3) is 2.36. The number of ether oxygens (including phenoxy) is 1. The van der Waals surface area contributed by atoms with E-state index >= 15 is 0 Å². The van der Waals surface area contributed by atoms with Gasteiger partial charge >= 0.3 is 0 Å². The Hall–Kier alpha value is -2.74. The van der Waals surface area contributed by atoms with Gasteiger partial charge in [-0.3, -0.25) is 4.79 Å². The van der Waals surface area contributed by atoms with Gasteiger partial charge in [-0.05, 0) is 44.0 Å². The van der Waals surface area contributed by atoms with E-state index in [1.807, 2.05) is 19.9 Å². The fourth-order valence-electron chi connectivity index (χ4n) is 2.34. The minimum absolute atomic E-state index is 0.0267. The fraction of sp³-hybridized carbons (Fsp3) is 0.250. The van der Waals surface area contributed by atoms with Crippen LogP contribution in [0.1, 0.15) is 22.4 Å². The number of nitriles is 1. The molecule has 0 atom stereocenters. The maximum absolute atomic E-state index is 11.9. The number of phenols is 1. The van der Waals surface area contributed by atoms with Crippen LogP contribution in [0, 0.1) is 32.1 Å². The molecule has 0 amide bonds. The number of hydrogen-bond donors (Lipinski definition) is 2. The Balaban J connectivity index is 2.90. The number of hydrogen-bond acceptors (Lipinski definition) is 4. The summed E-state index contributed by atoms with van der Waals surface area (Å²) in [7, 11) is 1.47. The highest BCUT2D eigenvalue weighted by molar-refractivity contribution is 5.79. The normalized spacial score (nSPS) is 10.2. The van der Waals surface area contributed by atoms with Gasteiger partial charge in [-0.2, -0.15) is 5.26 Å². The zero-order valence-corrected chi connectivity index (χ0v) is 12.4. The summed E-state index contributed by atoms with van der Waals surface area (Å²) in [5.41, 5.74) is 2.66. The van der Waals surface area contributed by atoms with Crippen LogP contribution in [0.3, 0.4) is 0 Å². The number of nitrogens with zero attached hydrogens (tertiary/aromatic N) is 1. The Morgan fingerprint density at radius 2 is 1.90 bits per heavy atom. The SMILES string of the molecule is COc1c(C)c(C)cc(-c2cc(C)[nH]c(=O)c2C#N)c1O. The molecule has 0 radical (unpaired) electrons. The van der Waals surface area contributed by atoms with Crippen LogP contribution < -0.4 is 10.3 Å². The number of aromatic nitrogens is 1. The number of aromatic hydroxyl groups is 1. The highest BCUT2D eigenvalue weighted by atomic mass is 16.5. The molecule has 0 aliphatic carbocycles. The van der Waals surface area contributed by atoms with Crippen LogP contribution in [-0.4, -0.2) is 17.2 Å².